The first-order chi connectivity index (χ1) is 24.0. The maximum atomic E-state index is 8.88. The molecule has 256 valence electrons. The van der Waals surface area contributed by atoms with Crippen LogP contribution in [-0.4, -0.2) is 44.6 Å². The molecule has 0 bridgehead atoms. The first kappa shape index (κ1) is 40.6. The number of thiophene rings is 1. The average molecular weight is 1030 g/mol. The number of nitrogens with zero attached hydrogens (tertiary/aromatic N) is 3. The molecule has 0 spiro atoms. The van der Waals surface area contributed by atoms with Gasteiger partial charge in [-0.3, -0.25) is 0 Å². The Morgan fingerprint density at radius 2 is 1.22 bits per heavy atom. The molecule has 0 radical (unpaired) electrons. The first-order valence-electron chi connectivity index (χ1n) is 14.5. The van der Waals surface area contributed by atoms with Gasteiger partial charge in [-0.05, 0) is 130 Å². The number of thioether (sulfide) groups is 2. The van der Waals surface area contributed by atoms with Crippen molar-refractivity contribution in [2.45, 2.75) is 9.79 Å². The highest BCUT2D eigenvalue weighted by Gasteiger charge is 2.14. The minimum atomic E-state index is -1.36. The minimum absolute atomic E-state index is 0.560. The molecular weight excluding hydrogens is 996 g/mol. The van der Waals surface area contributed by atoms with Crippen LogP contribution in [-0.2, 0) is 0 Å². The van der Waals surface area contributed by atoms with Gasteiger partial charge in [-0.25, -0.2) is 15.0 Å². The molecule has 4 aromatic heterocycles. The third-order valence-corrected chi connectivity index (χ3v) is 11.6. The van der Waals surface area contributed by atoms with Gasteiger partial charge in [0.2, 0.25) is 0 Å². The molecule has 7 rings (SSSR count). The molecule has 0 atom stereocenters. The van der Waals surface area contributed by atoms with Gasteiger partial charge in [0.25, 0.3) is 0 Å². The summed E-state index contributed by atoms with van der Waals surface area (Å²) >= 11 is 17.2. The molecule has 7 nitrogen and oxygen atoms in total. The normalized spacial score (nSPS) is 10.3. The van der Waals surface area contributed by atoms with Crippen LogP contribution in [0, 0.1) is 3.57 Å². The van der Waals surface area contributed by atoms with Crippen LogP contribution in [0.25, 0.3) is 31.4 Å². The fourth-order valence-corrected chi connectivity index (χ4v) is 8.58. The van der Waals surface area contributed by atoms with Gasteiger partial charge in [0.1, 0.15) is 16.5 Å². The van der Waals surface area contributed by atoms with E-state index in [9.17, 15) is 0 Å². The Hall–Kier alpha value is -2.22. The summed E-state index contributed by atoms with van der Waals surface area (Å²) in [6.07, 6.45) is 9.19. The number of nitrogens with two attached hydrogens (primary N) is 2. The lowest BCUT2D eigenvalue weighted by atomic mass is 9.80. The van der Waals surface area contributed by atoms with E-state index in [-0.39, 0.29) is 0 Å². The van der Waals surface area contributed by atoms with E-state index in [1.54, 1.807) is 47.6 Å². The zero-order chi connectivity index (χ0) is 36.2. The van der Waals surface area contributed by atoms with Crippen molar-refractivity contribution in [3.05, 3.63) is 127 Å². The number of hydrogen-bond donors (Lipinski definition) is 4. The standard InChI is InChI=1S/C12H11BrN2S.C11H6BrNS.C7H9BO2S.C5H4BrIN2/c1-16-11-5-3-2-4-9(11)10-6-8(13)7-15-12(10)14;12-7-5-9-8-3-1-2-4-10(8)14-11(9)13-6-7;1-11-7-5-3-2-4-6(7)8(9)10;6-3-1-4(7)5(8)9-2-3/h2-7H,1H3,(H2,14,15);1-6H;2-5,9-10H,1H3;1-2H,(H2,8,9). The Balaban J connectivity index is 0.000000153. The number of pyridine rings is 3. The van der Waals surface area contributed by atoms with Gasteiger partial charge in [0, 0.05) is 62.8 Å². The van der Waals surface area contributed by atoms with Crippen LogP contribution < -0.4 is 16.9 Å². The zero-order valence-electron chi connectivity index (χ0n) is 26.6. The molecule has 4 heterocycles. The molecule has 0 saturated carbocycles. The van der Waals surface area contributed by atoms with Crippen molar-refractivity contribution in [1.82, 2.24) is 15.0 Å². The highest BCUT2D eigenvalue weighted by atomic mass is 127. The highest BCUT2D eigenvalue weighted by Crippen LogP contribution is 2.35. The van der Waals surface area contributed by atoms with Crippen molar-refractivity contribution in [3.63, 3.8) is 0 Å². The van der Waals surface area contributed by atoms with Gasteiger partial charge in [-0.1, -0.05) is 54.6 Å². The molecular formula is C35H30BBr3IN5O2S3. The quantitative estimate of drug-likeness (QED) is 0.0773. The van der Waals surface area contributed by atoms with Crippen molar-refractivity contribution in [1.29, 1.82) is 0 Å². The third-order valence-electron chi connectivity index (χ3n) is 6.74. The number of hydrogen-bond acceptors (Lipinski definition) is 10. The second-order valence-electron chi connectivity index (χ2n) is 10.0. The maximum Gasteiger partial charge on any atom is 0.489 e. The molecule has 7 aromatic rings. The Labute approximate surface area is 342 Å². The van der Waals surface area contributed by atoms with Crippen LogP contribution in [0.15, 0.2) is 133 Å². The van der Waals surface area contributed by atoms with Gasteiger partial charge < -0.3 is 21.5 Å². The predicted octanol–water partition coefficient (Wildman–Crippen LogP) is 10.1. The van der Waals surface area contributed by atoms with Gasteiger partial charge in [0.05, 0.1) is 3.57 Å². The van der Waals surface area contributed by atoms with E-state index in [2.05, 4.69) is 134 Å². The van der Waals surface area contributed by atoms with E-state index in [4.69, 9.17) is 21.5 Å². The van der Waals surface area contributed by atoms with Crippen molar-refractivity contribution < 1.29 is 10.0 Å². The summed E-state index contributed by atoms with van der Waals surface area (Å²) < 4.78 is 5.21. The summed E-state index contributed by atoms with van der Waals surface area (Å²) in [6.45, 7) is 0. The molecule has 0 aliphatic heterocycles. The second-order valence-corrected chi connectivity index (χ2v) is 16.7. The minimum Gasteiger partial charge on any atom is -0.423 e. The SMILES string of the molecule is Brc1cnc2sc3ccccc3c2c1.CSc1ccccc1-c1cc(Br)cnc1N.CSc1ccccc1B(O)O.Nc1ncc(Br)cc1I. The number of fused-ring (bicyclic) bond motifs is 3. The summed E-state index contributed by atoms with van der Waals surface area (Å²) in [7, 11) is -1.36. The van der Waals surface area contributed by atoms with Gasteiger partial charge >= 0.3 is 7.12 Å². The zero-order valence-corrected chi connectivity index (χ0v) is 36.0. The molecule has 0 saturated heterocycles. The van der Waals surface area contributed by atoms with Gasteiger partial charge in [0.15, 0.2) is 0 Å². The van der Waals surface area contributed by atoms with E-state index < -0.39 is 7.12 Å². The summed E-state index contributed by atoms with van der Waals surface area (Å²) in [4.78, 5) is 15.7. The van der Waals surface area contributed by atoms with Crippen LogP contribution in [0.4, 0.5) is 11.6 Å². The lowest BCUT2D eigenvalue weighted by molar-refractivity contribution is 0.425. The number of rotatable bonds is 4. The van der Waals surface area contributed by atoms with Crippen LogP contribution in [0.3, 0.4) is 0 Å². The number of nitrogen functional groups attached to an aromatic ring is 2. The van der Waals surface area contributed by atoms with E-state index in [1.807, 2.05) is 48.9 Å². The number of benzene rings is 3. The van der Waals surface area contributed by atoms with Crippen LogP contribution in [0.1, 0.15) is 0 Å². The Bertz CT molecular complexity index is 2200. The smallest absolute Gasteiger partial charge is 0.423 e. The van der Waals surface area contributed by atoms with Crippen LogP contribution in [0.5, 0.6) is 0 Å². The molecule has 50 heavy (non-hydrogen) atoms. The summed E-state index contributed by atoms with van der Waals surface area (Å²) in [5.74, 6) is 1.14. The maximum absolute atomic E-state index is 8.88. The summed E-state index contributed by atoms with van der Waals surface area (Å²) in [5.41, 5.74) is 14.0. The van der Waals surface area contributed by atoms with Crippen molar-refractivity contribution in [2.24, 2.45) is 0 Å². The van der Waals surface area contributed by atoms with Crippen molar-refractivity contribution in [2.75, 3.05) is 24.0 Å². The van der Waals surface area contributed by atoms with Gasteiger partial charge in [-0.15, -0.1) is 34.9 Å². The molecule has 0 fully saturated rings. The average Bonchev–Trinajstić information content (AvgIpc) is 3.49. The first-order valence-corrected chi connectivity index (χ1v) is 21.3. The number of halogens is 4. The van der Waals surface area contributed by atoms with E-state index >= 15 is 0 Å². The fourth-order valence-electron chi connectivity index (χ4n) is 4.42. The van der Waals surface area contributed by atoms with Crippen LogP contribution >= 0.6 is 105 Å². The highest BCUT2D eigenvalue weighted by molar-refractivity contribution is 14.1. The molecule has 3 aromatic carbocycles. The van der Waals surface area contributed by atoms with Crippen molar-refractivity contribution in [3.8, 4) is 11.1 Å². The molecule has 6 N–H and O–H groups in total. The second kappa shape index (κ2) is 20.1. The molecule has 0 aliphatic carbocycles. The van der Waals surface area contributed by atoms with E-state index in [0.717, 1.165) is 37.8 Å². The lowest BCUT2D eigenvalue weighted by Gasteiger charge is -2.09. The lowest BCUT2D eigenvalue weighted by Crippen LogP contribution is -2.31. The van der Waals surface area contributed by atoms with Crippen molar-refractivity contribution >= 4 is 150 Å². The molecule has 0 unspecified atom stereocenters. The Morgan fingerprint density at radius 1 is 0.660 bits per heavy atom. The Kier molecular flexibility index (Phi) is 16.3. The van der Waals surface area contributed by atoms with Gasteiger partial charge in [-0.2, -0.15) is 0 Å². The molecule has 0 aliphatic rings. The monoisotopic (exact) mass is 1020 g/mol. The largest absolute Gasteiger partial charge is 0.489 e. The Morgan fingerprint density at radius 3 is 1.86 bits per heavy atom. The predicted molar refractivity (Wildman–Crippen MR) is 236 cm³/mol. The number of aromatic nitrogens is 3. The van der Waals surface area contributed by atoms with Crippen LogP contribution in [0.2, 0.25) is 0 Å². The summed E-state index contributed by atoms with van der Waals surface area (Å²) in [5, 5.41) is 20.3. The number of anilines is 2. The summed E-state index contributed by atoms with van der Waals surface area (Å²) in [6, 6.07) is 29.8. The van der Waals surface area contributed by atoms with E-state index in [0.29, 0.717) is 17.1 Å². The molecule has 0 amide bonds. The fraction of sp³-hybridized carbons (Fsp3) is 0.0571. The van der Waals surface area contributed by atoms with E-state index in [1.165, 1.54) is 32.1 Å². The third kappa shape index (κ3) is 11.4. The topological polar surface area (TPSA) is 131 Å². The molecule has 15 heteroatoms.